The monoisotopic (exact) mass is 1030 g/mol. The van der Waals surface area contributed by atoms with Crippen molar-refractivity contribution in [1.82, 2.24) is 0 Å². The fourth-order valence-corrected chi connectivity index (χ4v) is 10.4. The summed E-state index contributed by atoms with van der Waals surface area (Å²) >= 11 is 0. The normalized spacial score (nSPS) is 12.4. The number of rotatable bonds is 61. The molecule has 0 aliphatic rings. The van der Waals surface area contributed by atoms with Gasteiger partial charge in [-0.2, -0.15) is 0 Å². The maximum Gasteiger partial charge on any atom is 0.306 e. The Morgan fingerprint density at radius 2 is 0.521 bits per heavy atom. The molecule has 0 N–H and O–H groups in total. The smallest absolute Gasteiger partial charge is 0.306 e. The van der Waals surface area contributed by atoms with Crippen LogP contribution in [0.15, 0.2) is 0 Å². The molecule has 0 fully saturated rings. The zero-order valence-corrected chi connectivity index (χ0v) is 50.3. The van der Waals surface area contributed by atoms with Crippen molar-refractivity contribution in [2.24, 2.45) is 11.8 Å². The molecule has 0 saturated carbocycles. The third-order valence-corrected chi connectivity index (χ3v) is 15.8. The maximum absolute atomic E-state index is 12.9. The summed E-state index contributed by atoms with van der Waals surface area (Å²) in [5.41, 5.74) is 0. The number of carbonyl (C=O) groups excluding carboxylic acids is 3. The minimum Gasteiger partial charge on any atom is -0.462 e. The van der Waals surface area contributed by atoms with E-state index in [9.17, 15) is 14.4 Å². The summed E-state index contributed by atoms with van der Waals surface area (Å²) in [6.07, 6.45) is 66.7. The van der Waals surface area contributed by atoms with Gasteiger partial charge >= 0.3 is 17.9 Å². The summed E-state index contributed by atoms with van der Waals surface area (Å²) in [6, 6.07) is 0. The van der Waals surface area contributed by atoms with Gasteiger partial charge in [0.05, 0.1) is 0 Å². The average molecular weight is 1030 g/mol. The van der Waals surface area contributed by atoms with Crippen molar-refractivity contribution < 1.29 is 28.6 Å². The molecule has 1 unspecified atom stereocenters. The van der Waals surface area contributed by atoms with Gasteiger partial charge in [-0.1, -0.05) is 343 Å². The molecule has 0 aromatic rings. The standard InChI is InChI=1S/C67H130O6/c1-6-8-9-10-11-12-13-14-20-27-32-37-42-47-52-57-65(68)71-60-64(73-67(70)59-54-49-44-39-34-29-24-19-21-25-30-35-40-45-50-55-62(3)4)61-72-66(69)58-53-48-43-38-33-28-23-18-16-15-17-22-26-31-36-41-46-51-56-63(5)7-2/h62-64H,6-61H2,1-5H3/t63?,64-/m1/s1. The van der Waals surface area contributed by atoms with Crippen molar-refractivity contribution in [3.63, 3.8) is 0 Å². The predicted molar refractivity (Wildman–Crippen MR) is 316 cm³/mol. The summed E-state index contributed by atoms with van der Waals surface area (Å²) in [5, 5.41) is 0. The van der Waals surface area contributed by atoms with E-state index in [-0.39, 0.29) is 31.1 Å². The summed E-state index contributed by atoms with van der Waals surface area (Å²) in [5.74, 6) is 0.930. The topological polar surface area (TPSA) is 78.9 Å². The van der Waals surface area contributed by atoms with E-state index in [0.717, 1.165) is 69.6 Å². The van der Waals surface area contributed by atoms with Crippen LogP contribution >= 0.6 is 0 Å². The largest absolute Gasteiger partial charge is 0.462 e. The van der Waals surface area contributed by atoms with Gasteiger partial charge in [-0.15, -0.1) is 0 Å². The van der Waals surface area contributed by atoms with Gasteiger partial charge in [0.2, 0.25) is 0 Å². The van der Waals surface area contributed by atoms with Gasteiger partial charge in [0.15, 0.2) is 6.10 Å². The van der Waals surface area contributed by atoms with Gasteiger partial charge in [-0.05, 0) is 31.1 Å². The predicted octanol–water partition coefficient (Wildman–Crippen LogP) is 22.4. The summed E-state index contributed by atoms with van der Waals surface area (Å²) in [6.45, 7) is 11.5. The molecule has 6 heteroatoms. The van der Waals surface area contributed by atoms with Gasteiger partial charge < -0.3 is 14.2 Å². The number of unbranched alkanes of at least 4 members (excludes halogenated alkanes) is 45. The Morgan fingerprint density at radius 3 is 0.781 bits per heavy atom. The zero-order chi connectivity index (χ0) is 53.2. The zero-order valence-electron chi connectivity index (χ0n) is 50.3. The van der Waals surface area contributed by atoms with Crippen LogP contribution in [-0.2, 0) is 28.6 Å². The van der Waals surface area contributed by atoms with Crippen LogP contribution in [0.1, 0.15) is 381 Å². The fraction of sp³-hybridized carbons (Fsp3) is 0.955. The summed E-state index contributed by atoms with van der Waals surface area (Å²) < 4.78 is 17.0. The maximum atomic E-state index is 12.9. The second-order valence-electron chi connectivity index (χ2n) is 23.8. The molecule has 6 nitrogen and oxygen atoms in total. The molecule has 0 heterocycles. The molecule has 0 amide bonds. The number of carbonyl (C=O) groups is 3. The lowest BCUT2D eigenvalue weighted by Gasteiger charge is -2.18. The van der Waals surface area contributed by atoms with Crippen molar-refractivity contribution >= 4 is 17.9 Å². The van der Waals surface area contributed by atoms with Crippen molar-refractivity contribution in [2.75, 3.05) is 13.2 Å². The van der Waals surface area contributed by atoms with Crippen LogP contribution in [0.25, 0.3) is 0 Å². The highest BCUT2D eigenvalue weighted by molar-refractivity contribution is 5.71. The number of hydrogen-bond donors (Lipinski definition) is 0. The van der Waals surface area contributed by atoms with E-state index in [0.29, 0.717) is 19.3 Å². The first-order chi connectivity index (χ1) is 35.8. The lowest BCUT2D eigenvalue weighted by Crippen LogP contribution is -2.30. The van der Waals surface area contributed by atoms with Gasteiger partial charge in [0, 0.05) is 19.3 Å². The molecule has 0 aromatic heterocycles. The Kier molecular flexibility index (Phi) is 58.4. The highest BCUT2D eigenvalue weighted by atomic mass is 16.6. The first-order valence-corrected chi connectivity index (χ1v) is 33.3. The Balaban J connectivity index is 4.26. The van der Waals surface area contributed by atoms with E-state index in [1.807, 2.05) is 0 Å². The Labute approximate surface area is 457 Å². The van der Waals surface area contributed by atoms with Gasteiger partial charge in [0.25, 0.3) is 0 Å². The highest BCUT2D eigenvalue weighted by Crippen LogP contribution is 2.20. The molecule has 0 bridgehead atoms. The summed E-state index contributed by atoms with van der Waals surface area (Å²) in [4.78, 5) is 38.4. The van der Waals surface area contributed by atoms with Crippen LogP contribution < -0.4 is 0 Å². The average Bonchev–Trinajstić information content (AvgIpc) is 3.38. The van der Waals surface area contributed by atoms with Crippen molar-refractivity contribution in [2.45, 2.75) is 387 Å². The van der Waals surface area contributed by atoms with Crippen molar-refractivity contribution in [3.05, 3.63) is 0 Å². The Hall–Kier alpha value is -1.59. The van der Waals surface area contributed by atoms with Crippen LogP contribution in [-0.4, -0.2) is 37.2 Å². The minimum atomic E-state index is -0.764. The second-order valence-corrected chi connectivity index (χ2v) is 23.8. The van der Waals surface area contributed by atoms with Gasteiger partial charge in [-0.3, -0.25) is 14.4 Å². The molecule has 0 rings (SSSR count). The molecule has 0 saturated heterocycles. The second kappa shape index (κ2) is 59.7. The van der Waals surface area contributed by atoms with Crippen LogP contribution in [0, 0.1) is 11.8 Å². The van der Waals surface area contributed by atoms with E-state index in [2.05, 4.69) is 34.6 Å². The van der Waals surface area contributed by atoms with Crippen LogP contribution in [0.5, 0.6) is 0 Å². The van der Waals surface area contributed by atoms with E-state index >= 15 is 0 Å². The van der Waals surface area contributed by atoms with E-state index in [4.69, 9.17) is 14.2 Å². The first kappa shape index (κ1) is 71.4. The molecule has 0 spiro atoms. The van der Waals surface area contributed by atoms with E-state index < -0.39 is 6.10 Å². The molecule has 0 aliphatic heterocycles. The Morgan fingerprint density at radius 1 is 0.288 bits per heavy atom. The minimum absolute atomic E-state index is 0.0615. The third-order valence-electron chi connectivity index (χ3n) is 15.8. The molecule has 434 valence electrons. The molecule has 0 aliphatic carbocycles. The van der Waals surface area contributed by atoms with Gasteiger partial charge in [-0.25, -0.2) is 0 Å². The molecule has 0 radical (unpaired) electrons. The quantitative estimate of drug-likeness (QED) is 0.0343. The third kappa shape index (κ3) is 59.5. The molecule has 0 aromatic carbocycles. The highest BCUT2D eigenvalue weighted by Gasteiger charge is 2.19. The molecular weight excluding hydrogens is 901 g/mol. The first-order valence-electron chi connectivity index (χ1n) is 33.3. The van der Waals surface area contributed by atoms with Crippen LogP contribution in [0.2, 0.25) is 0 Å². The van der Waals surface area contributed by atoms with Crippen LogP contribution in [0.4, 0.5) is 0 Å². The van der Waals surface area contributed by atoms with Crippen molar-refractivity contribution in [1.29, 1.82) is 0 Å². The lowest BCUT2D eigenvalue weighted by molar-refractivity contribution is -0.167. The van der Waals surface area contributed by atoms with Crippen LogP contribution in [0.3, 0.4) is 0 Å². The van der Waals surface area contributed by atoms with E-state index in [1.54, 1.807) is 0 Å². The molecular formula is C67H130O6. The number of ether oxygens (including phenoxy) is 3. The molecule has 2 atom stereocenters. The van der Waals surface area contributed by atoms with E-state index in [1.165, 1.54) is 270 Å². The van der Waals surface area contributed by atoms with Gasteiger partial charge in [0.1, 0.15) is 13.2 Å². The lowest BCUT2D eigenvalue weighted by atomic mass is 9.99. The number of hydrogen-bond acceptors (Lipinski definition) is 6. The van der Waals surface area contributed by atoms with Crippen molar-refractivity contribution in [3.8, 4) is 0 Å². The summed E-state index contributed by atoms with van der Waals surface area (Å²) in [7, 11) is 0. The SMILES string of the molecule is CCCCCCCCCCCCCCCCCC(=O)OC[C@H](COC(=O)CCCCCCCCCCCCCCCCCCCCC(C)CC)OC(=O)CCCCCCCCCCCCCCCCCC(C)C. The fourth-order valence-electron chi connectivity index (χ4n) is 10.4. The Bertz CT molecular complexity index is 1120. The number of esters is 3. The molecule has 73 heavy (non-hydrogen) atoms.